The standard InChI is InChI=1S/C26H28ClN7O11S3/c1-25(2,22(40)41)45-32-15(11-7-46-24(28)29-11)18(37)30-16-20(39)34-8-26(23(42)43,48-21(16)34)47-9-5-33(6-9)19(38)14(31-44)10-3-4-12(35)17(36)13(10)27/h3-4,7,9,16,20-21,35-36,39,44H,5-6,8H2,1-2H3,(H2,28,29)(H,30,37)(H,40,41)(H,42,43)/b31-14-,32-15-/t16?,20?,21-,26?/m1/s1. The van der Waals surface area contributed by atoms with Crippen molar-refractivity contribution in [3.8, 4) is 11.5 Å². The lowest BCUT2D eigenvalue weighted by molar-refractivity contribution is -0.161. The molecule has 18 nitrogen and oxygen atoms in total. The minimum Gasteiger partial charge on any atom is -0.504 e. The first-order chi connectivity index (χ1) is 22.5. The summed E-state index contributed by atoms with van der Waals surface area (Å²) in [5.41, 5.74) is 2.88. The number of aromatic nitrogens is 1. The third kappa shape index (κ3) is 6.40. The zero-order valence-electron chi connectivity index (χ0n) is 24.8. The van der Waals surface area contributed by atoms with Gasteiger partial charge >= 0.3 is 11.9 Å². The molecule has 3 aliphatic rings. The van der Waals surface area contributed by atoms with Gasteiger partial charge in [0.1, 0.15) is 11.9 Å². The number of nitrogens with zero attached hydrogens (tertiary/aromatic N) is 5. The number of hydrogen-bond donors (Lipinski definition) is 8. The fourth-order valence-electron chi connectivity index (χ4n) is 4.85. The van der Waals surface area contributed by atoms with Crippen molar-refractivity contribution < 1.29 is 54.8 Å². The number of aliphatic carboxylic acids is 2. The summed E-state index contributed by atoms with van der Waals surface area (Å²) < 4.78 is -1.50. The maximum atomic E-state index is 13.3. The average molecular weight is 746 g/mol. The van der Waals surface area contributed by atoms with Crippen molar-refractivity contribution in [2.45, 2.75) is 46.4 Å². The van der Waals surface area contributed by atoms with E-state index in [4.69, 9.17) is 22.2 Å². The highest BCUT2D eigenvalue weighted by molar-refractivity contribution is 8.20. The number of rotatable bonds is 11. The smallest absolute Gasteiger partial charge is 0.350 e. The second-order valence-electron chi connectivity index (χ2n) is 11.3. The summed E-state index contributed by atoms with van der Waals surface area (Å²) in [6.45, 7) is 2.48. The Morgan fingerprint density at radius 3 is 2.48 bits per heavy atom. The number of carbonyl (C=O) groups excluding carboxylic acids is 2. The molecule has 2 amide bonds. The zero-order valence-corrected chi connectivity index (χ0v) is 28.0. The van der Waals surface area contributed by atoms with Crippen molar-refractivity contribution in [2.24, 2.45) is 10.3 Å². The number of phenols is 2. The van der Waals surface area contributed by atoms with Gasteiger partial charge in [-0.2, -0.15) is 0 Å². The van der Waals surface area contributed by atoms with Crippen LogP contribution in [0.25, 0.3) is 0 Å². The molecule has 22 heteroatoms. The minimum atomic E-state index is -1.80. The van der Waals surface area contributed by atoms with Crippen LogP contribution < -0.4 is 11.1 Å². The molecule has 3 saturated heterocycles. The second kappa shape index (κ2) is 13.1. The van der Waals surface area contributed by atoms with E-state index in [0.717, 1.165) is 40.9 Å². The Kier molecular flexibility index (Phi) is 9.65. The number of halogens is 1. The number of phenolic OH excluding ortho intramolecular Hbond substituents is 2. The van der Waals surface area contributed by atoms with Gasteiger partial charge in [0.15, 0.2) is 32.1 Å². The first-order valence-corrected chi connectivity index (χ1v) is 16.8. The van der Waals surface area contributed by atoms with E-state index in [-0.39, 0.29) is 41.3 Å². The van der Waals surface area contributed by atoms with E-state index in [2.05, 4.69) is 20.6 Å². The van der Waals surface area contributed by atoms with E-state index in [0.29, 0.717) is 0 Å². The number of benzene rings is 1. The molecule has 1 aromatic carbocycles. The van der Waals surface area contributed by atoms with E-state index < -0.39 is 79.0 Å². The quantitative estimate of drug-likeness (QED) is 0.0658. The molecule has 3 aliphatic heterocycles. The van der Waals surface area contributed by atoms with E-state index in [1.165, 1.54) is 35.1 Å². The number of amides is 2. The summed E-state index contributed by atoms with van der Waals surface area (Å²) in [6, 6.07) is 1.30. The number of aromatic hydroxyl groups is 2. The molecule has 2 aromatic rings. The van der Waals surface area contributed by atoms with Gasteiger partial charge in [0.25, 0.3) is 11.8 Å². The van der Waals surface area contributed by atoms with Crippen molar-refractivity contribution in [2.75, 3.05) is 25.4 Å². The Morgan fingerprint density at radius 2 is 1.90 bits per heavy atom. The number of hydrogen-bond acceptors (Lipinski definition) is 17. The molecular formula is C26H28ClN7O11S3. The van der Waals surface area contributed by atoms with Crippen LogP contribution in [0.1, 0.15) is 25.1 Å². The van der Waals surface area contributed by atoms with Gasteiger partial charge in [-0.05, 0) is 26.0 Å². The lowest BCUT2D eigenvalue weighted by Crippen LogP contribution is -2.70. The van der Waals surface area contributed by atoms with E-state index in [1.807, 2.05) is 0 Å². The Morgan fingerprint density at radius 1 is 1.21 bits per heavy atom. The van der Waals surface area contributed by atoms with Crippen LogP contribution in [0.4, 0.5) is 5.13 Å². The van der Waals surface area contributed by atoms with E-state index in [9.17, 15) is 49.9 Å². The molecule has 5 rings (SSSR count). The number of aliphatic hydroxyl groups is 1. The predicted octanol–water partition coefficient (Wildman–Crippen LogP) is 0.169. The summed E-state index contributed by atoms with van der Waals surface area (Å²) in [4.78, 5) is 62.4. The van der Waals surface area contributed by atoms with Crippen molar-refractivity contribution in [3.63, 3.8) is 0 Å². The lowest BCUT2D eigenvalue weighted by atomic mass is 10.0. The van der Waals surface area contributed by atoms with Gasteiger partial charge in [-0.1, -0.05) is 21.9 Å². The van der Waals surface area contributed by atoms with E-state index in [1.54, 1.807) is 0 Å². The van der Waals surface area contributed by atoms with Gasteiger partial charge in [-0.25, -0.2) is 14.6 Å². The van der Waals surface area contributed by atoms with Crippen LogP contribution in [-0.2, 0) is 24.0 Å². The number of carbonyl (C=O) groups is 4. The van der Waals surface area contributed by atoms with Crippen LogP contribution in [0, 0.1) is 0 Å². The molecule has 4 atom stereocenters. The average Bonchev–Trinajstić information content (AvgIpc) is 3.60. The number of oxime groups is 2. The highest BCUT2D eigenvalue weighted by Gasteiger charge is 2.63. The fraction of sp³-hybridized carbons (Fsp3) is 0.423. The Bertz CT molecular complexity index is 1730. The normalized spacial score (nSPS) is 24.8. The summed E-state index contributed by atoms with van der Waals surface area (Å²) in [5.74, 6) is -5.39. The van der Waals surface area contributed by atoms with Gasteiger partial charge in [-0.15, -0.1) is 34.9 Å². The molecule has 48 heavy (non-hydrogen) atoms. The maximum absolute atomic E-state index is 13.3. The summed E-state index contributed by atoms with van der Waals surface area (Å²) in [7, 11) is 0. The van der Waals surface area contributed by atoms with Crippen molar-refractivity contribution in [1.29, 1.82) is 0 Å². The first-order valence-electron chi connectivity index (χ1n) is 13.8. The molecule has 4 heterocycles. The molecule has 1 aromatic heterocycles. The predicted molar refractivity (Wildman–Crippen MR) is 173 cm³/mol. The number of nitrogen functional groups attached to an aromatic ring is 1. The minimum absolute atomic E-state index is 0.000611. The molecular weight excluding hydrogens is 718 g/mol. The molecule has 0 bridgehead atoms. The number of carboxylic acids is 2. The monoisotopic (exact) mass is 745 g/mol. The molecule has 3 unspecified atom stereocenters. The summed E-state index contributed by atoms with van der Waals surface area (Å²) in [5, 5.41) is 69.0. The molecule has 0 radical (unpaired) electrons. The largest absolute Gasteiger partial charge is 0.504 e. The Balaban J connectivity index is 1.25. The number of anilines is 1. The fourth-order valence-corrected chi connectivity index (χ4v) is 9.35. The summed E-state index contributed by atoms with van der Waals surface area (Å²) in [6.07, 6.45) is -1.28. The molecule has 0 aliphatic carbocycles. The van der Waals surface area contributed by atoms with Crippen molar-refractivity contribution in [3.05, 3.63) is 33.8 Å². The molecule has 3 fully saturated rings. The van der Waals surface area contributed by atoms with Crippen molar-refractivity contribution in [1.82, 2.24) is 20.1 Å². The molecule has 0 spiro atoms. The van der Waals surface area contributed by atoms with Crippen LogP contribution in [0.2, 0.25) is 5.02 Å². The van der Waals surface area contributed by atoms with Crippen LogP contribution in [-0.4, -0.2) is 133 Å². The van der Waals surface area contributed by atoms with Gasteiger partial charge in [0.05, 0.1) is 16.4 Å². The van der Waals surface area contributed by atoms with Crippen LogP contribution in [0.5, 0.6) is 11.5 Å². The number of nitrogens with one attached hydrogen (secondary N) is 1. The van der Waals surface area contributed by atoms with Gasteiger partial charge in [0, 0.05) is 35.8 Å². The third-order valence-electron chi connectivity index (χ3n) is 7.63. The highest BCUT2D eigenvalue weighted by Crippen LogP contribution is 2.55. The van der Waals surface area contributed by atoms with Gasteiger partial charge in [-0.3, -0.25) is 14.5 Å². The number of aliphatic hydroxyl groups excluding tert-OH is 1. The Labute approximate surface area is 288 Å². The SMILES string of the molecule is CC(C)(O/N=C(\C(=O)NC1C(O)N2CC(SC3CN(C(=O)/C(=N\O)c4ccc(O)c(O)c4Cl)C3)(C(=O)O)S[C@H]12)c1csc(N)n1)C(=O)O. The van der Waals surface area contributed by atoms with E-state index >= 15 is 0 Å². The molecule has 0 saturated carbocycles. The Hall–Kier alpha value is -4.02. The number of carboxylic acid groups (broad SMARTS) is 2. The zero-order chi connectivity index (χ0) is 35.3. The van der Waals surface area contributed by atoms with Crippen molar-refractivity contribution >= 4 is 86.8 Å². The number of nitrogens with two attached hydrogens (primary N) is 1. The number of fused-ring (bicyclic) bond motifs is 1. The number of thioether (sulfide) groups is 2. The topological polar surface area (TPSA) is 281 Å². The third-order valence-corrected chi connectivity index (χ3v) is 12.1. The van der Waals surface area contributed by atoms with Crippen LogP contribution >= 0.6 is 46.5 Å². The number of thiazole rings is 1. The number of likely N-dealkylation sites (tertiary alicyclic amines) is 1. The highest BCUT2D eigenvalue weighted by atomic mass is 35.5. The van der Waals surface area contributed by atoms with Crippen LogP contribution in [0.15, 0.2) is 27.8 Å². The van der Waals surface area contributed by atoms with Crippen LogP contribution in [0.3, 0.4) is 0 Å². The van der Waals surface area contributed by atoms with Gasteiger partial charge in [0.2, 0.25) is 5.60 Å². The maximum Gasteiger partial charge on any atom is 0.350 e. The molecule has 258 valence electrons. The molecule has 9 N–H and O–H groups in total. The summed E-state index contributed by atoms with van der Waals surface area (Å²) >= 11 is 9.09. The second-order valence-corrected chi connectivity index (χ2v) is 15.8. The first kappa shape index (κ1) is 35.3. The van der Waals surface area contributed by atoms with Gasteiger partial charge < -0.3 is 51.5 Å². The lowest BCUT2D eigenvalue weighted by Gasteiger charge is -2.47.